The number of carbonyl (C=O) groups excluding carboxylic acids is 2. The smallest absolute Gasteiger partial charge is 0.419 e. The van der Waals surface area contributed by atoms with E-state index in [4.69, 9.17) is 15.6 Å². The predicted molar refractivity (Wildman–Crippen MR) is 94.8 cm³/mol. The van der Waals surface area contributed by atoms with E-state index < -0.39 is 29.8 Å². The Labute approximate surface area is 158 Å². The van der Waals surface area contributed by atoms with Crippen LogP contribution in [-0.2, 0) is 20.7 Å². The maximum absolute atomic E-state index is 14.2. The van der Waals surface area contributed by atoms with Crippen molar-refractivity contribution in [3.05, 3.63) is 65.2 Å². The number of amides is 2. The van der Waals surface area contributed by atoms with Crippen molar-refractivity contribution in [2.45, 2.75) is 12.5 Å². The number of carboxylic acid groups (broad SMARTS) is 1. The molecule has 0 aliphatic carbocycles. The van der Waals surface area contributed by atoms with Crippen molar-refractivity contribution < 1.29 is 33.4 Å². The summed E-state index contributed by atoms with van der Waals surface area (Å²) in [6.07, 6.45) is 0.371. The second-order valence-electron chi connectivity index (χ2n) is 5.93. The van der Waals surface area contributed by atoms with Crippen LogP contribution in [0.3, 0.4) is 0 Å². The van der Waals surface area contributed by atoms with Gasteiger partial charge in [-0.3, -0.25) is 14.9 Å². The van der Waals surface area contributed by atoms with E-state index in [-0.39, 0.29) is 23.5 Å². The minimum absolute atomic E-state index is 0.0465. The normalized spacial score (nSPS) is 15.9. The number of carboxylic acids is 1. The van der Waals surface area contributed by atoms with Crippen LogP contribution in [0.15, 0.2) is 48.2 Å². The van der Waals surface area contributed by atoms with Crippen LogP contribution in [0.25, 0.3) is 6.08 Å². The summed E-state index contributed by atoms with van der Waals surface area (Å²) in [5, 5.41) is 10.7. The molecular weight excluding hydrogens is 371 g/mol. The molecule has 8 nitrogen and oxygen atoms in total. The van der Waals surface area contributed by atoms with E-state index in [9.17, 15) is 18.8 Å². The SMILES string of the molecule is NC(Cc1ccc(Oc2ccc(/C=C3/OC(=O)NC3=O)c(F)c2)cc1)C(=O)O. The molecule has 144 valence electrons. The number of hydrogen-bond donors (Lipinski definition) is 3. The van der Waals surface area contributed by atoms with Gasteiger partial charge >= 0.3 is 12.1 Å². The zero-order chi connectivity index (χ0) is 20.3. The maximum atomic E-state index is 14.2. The van der Waals surface area contributed by atoms with Gasteiger partial charge in [0.25, 0.3) is 5.91 Å². The first-order chi connectivity index (χ1) is 13.3. The van der Waals surface area contributed by atoms with Gasteiger partial charge in [0.05, 0.1) is 0 Å². The molecule has 9 heteroatoms. The molecule has 0 radical (unpaired) electrons. The van der Waals surface area contributed by atoms with Crippen molar-refractivity contribution in [3.63, 3.8) is 0 Å². The van der Waals surface area contributed by atoms with Gasteiger partial charge in [0, 0.05) is 11.6 Å². The summed E-state index contributed by atoms with van der Waals surface area (Å²) in [5.41, 5.74) is 6.25. The van der Waals surface area contributed by atoms with Crippen molar-refractivity contribution in [1.82, 2.24) is 5.32 Å². The highest BCUT2D eigenvalue weighted by Crippen LogP contribution is 2.25. The Morgan fingerprint density at radius 3 is 2.46 bits per heavy atom. The van der Waals surface area contributed by atoms with Crippen molar-refractivity contribution in [3.8, 4) is 11.5 Å². The number of nitrogens with one attached hydrogen (secondary N) is 1. The highest BCUT2D eigenvalue weighted by Gasteiger charge is 2.26. The van der Waals surface area contributed by atoms with E-state index in [0.717, 1.165) is 17.7 Å². The third-order valence-electron chi connectivity index (χ3n) is 3.83. The standard InChI is InChI=1S/C19H15FN2O6/c20-14-9-13(6-3-11(14)8-16-17(23)22-19(26)28-16)27-12-4-1-10(2-5-12)7-15(21)18(24)25/h1-6,8-9,15H,7,21H2,(H,24,25)(H,22,23,26)/b16-8+. The van der Waals surface area contributed by atoms with Gasteiger partial charge in [0.15, 0.2) is 5.76 Å². The van der Waals surface area contributed by atoms with E-state index in [1.807, 2.05) is 5.32 Å². The average molecular weight is 386 g/mol. The number of ether oxygens (including phenoxy) is 2. The lowest BCUT2D eigenvalue weighted by Crippen LogP contribution is -2.32. The van der Waals surface area contributed by atoms with E-state index in [0.29, 0.717) is 5.75 Å². The van der Waals surface area contributed by atoms with E-state index in [1.54, 1.807) is 24.3 Å². The second kappa shape index (κ2) is 7.89. The van der Waals surface area contributed by atoms with Crippen LogP contribution < -0.4 is 15.8 Å². The van der Waals surface area contributed by atoms with Gasteiger partial charge in [-0.1, -0.05) is 12.1 Å². The summed E-state index contributed by atoms with van der Waals surface area (Å²) in [4.78, 5) is 33.2. The summed E-state index contributed by atoms with van der Waals surface area (Å²) in [7, 11) is 0. The van der Waals surface area contributed by atoms with Crippen LogP contribution in [0.1, 0.15) is 11.1 Å². The first-order valence-electron chi connectivity index (χ1n) is 8.11. The Balaban J connectivity index is 1.69. The van der Waals surface area contributed by atoms with Crippen molar-refractivity contribution in [2.24, 2.45) is 5.73 Å². The number of hydrogen-bond acceptors (Lipinski definition) is 6. The van der Waals surface area contributed by atoms with Gasteiger partial charge in [-0.05, 0) is 42.3 Å². The lowest BCUT2D eigenvalue weighted by molar-refractivity contribution is -0.138. The fourth-order valence-corrected chi connectivity index (χ4v) is 2.42. The molecule has 1 heterocycles. The molecule has 2 aromatic rings. The largest absolute Gasteiger partial charge is 0.480 e. The monoisotopic (exact) mass is 386 g/mol. The minimum atomic E-state index is -1.09. The molecule has 2 amide bonds. The second-order valence-corrected chi connectivity index (χ2v) is 5.93. The Bertz CT molecular complexity index is 971. The highest BCUT2D eigenvalue weighted by molar-refractivity contribution is 6.09. The topological polar surface area (TPSA) is 128 Å². The molecule has 1 aliphatic rings. The lowest BCUT2D eigenvalue weighted by Gasteiger charge is -2.09. The van der Waals surface area contributed by atoms with Crippen molar-refractivity contribution in [2.75, 3.05) is 0 Å². The zero-order valence-electron chi connectivity index (χ0n) is 14.3. The van der Waals surface area contributed by atoms with Gasteiger partial charge in [-0.25, -0.2) is 9.18 Å². The third kappa shape index (κ3) is 4.51. The predicted octanol–water partition coefficient (Wildman–Crippen LogP) is 2.18. The molecule has 1 saturated heterocycles. The number of aliphatic carboxylic acids is 1. The molecule has 2 aromatic carbocycles. The zero-order valence-corrected chi connectivity index (χ0v) is 14.3. The number of imide groups is 1. The molecule has 3 rings (SSSR count). The Morgan fingerprint density at radius 2 is 1.89 bits per heavy atom. The van der Waals surface area contributed by atoms with Crippen LogP contribution >= 0.6 is 0 Å². The van der Waals surface area contributed by atoms with Crippen LogP contribution in [0.5, 0.6) is 11.5 Å². The third-order valence-corrected chi connectivity index (χ3v) is 3.83. The Hall–Kier alpha value is -3.72. The molecule has 28 heavy (non-hydrogen) atoms. The van der Waals surface area contributed by atoms with Gasteiger partial charge in [-0.15, -0.1) is 0 Å². The van der Waals surface area contributed by atoms with E-state index in [1.165, 1.54) is 12.1 Å². The molecule has 1 fully saturated rings. The molecular formula is C19H15FN2O6. The summed E-state index contributed by atoms with van der Waals surface area (Å²) < 4.78 is 24.4. The van der Waals surface area contributed by atoms with Crippen LogP contribution in [-0.4, -0.2) is 29.1 Å². The minimum Gasteiger partial charge on any atom is -0.480 e. The lowest BCUT2D eigenvalue weighted by atomic mass is 10.1. The van der Waals surface area contributed by atoms with Crippen molar-refractivity contribution >= 4 is 24.0 Å². The summed E-state index contributed by atoms with van der Waals surface area (Å²) in [5.74, 6) is -2.18. The molecule has 0 spiro atoms. The molecule has 1 atom stereocenters. The Kier molecular flexibility index (Phi) is 5.37. The first kappa shape index (κ1) is 19.1. The number of carbonyl (C=O) groups is 3. The molecule has 4 N–H and O–H groups in total. The van der Waals surface area contributed by atoms with Crippen molar-refractivity contribution in [1.29, 1.82) is 0 Å². The van der Waals surface area contributed by atoms with E-state index >= 15 is 0 Å². The number of cyclic esters (lactones) is 1. The molecule has 0 bridgehead atoms. The number of alkyl carbamates (subject to hydrolysis) is 1. The number of benzene rings is 2. The summed E-state index contributed by atoms with van der Waals surface area (Å²) >= 11 is 0. The first-order valence-corrected chi connectivity index (χ1v) is 8.11. The van der Waals surface area contributed by atoms with Gasteiger partial charge in [0.1, 0.15) is 23.4 Å². The molecule has 0 saturated carbocycles. The quantitative estimate of drug-likeness (QED) is 0.649. The number of halogens is 1. The molecule has 0 aromatic heterocycles. The van der Waals surface area contributed by atoms with Crippen LogP contribution in [0.2, 0.25) is 0 Å². The van der Waals surface area contributed by atoms with Gasteiger partial charge in [0.2, 0.25) is 0 Å². The Morgan fingerprint density at radius 1 is 1.21 bits per heavy atom. The highest BCUT2D eigenvalue weighted by atomic mass is 19.1. The van der Waals surface area contributed by atoms with Gasteiger partial charge in [-0.2, -0.15) is 0 Å². The average Bonchev–Trinajstić information content (AvgIpc) is 2.96. The maximum Gasteiger partial charge on any atom is 0.419 e. The van der Waals surface area contributed by atoms with Crippen LogP contribution in [0, 0.1) is 5.82 Å². The fourth-order valence-electron chi connectivity index (χ4n) is 2.42. The molecule has 1 aliphatic heterocycles. The fraction of sp³-hybridized carbons (Fsp3) is 0.105. The van der Waals surface area contributed by atoms with E-state index in [2.05, 4.69) is 4.74 Å². The molecule has 1 unspecified atom stereocenters. The van der Waals surface area contributed by atoms with Gasteiger partial charge < -0.3 is 20.3 Å². The van der Waals surface area contributed by atoms with Crippen LogP contribution in [0.4, 0.5) is 9.18 Å². The number of nitrogens with two attached hydrogens (primary N) is 1. The summed E-state index contributed by atoms with van der Waals surface area (Å²) in [6, 6.07) is 9.54. The summed E-state index contributed by atoms with van der Waals surface area (Å²) in [6.45, 7) is 0. The number of rotatable bonds is 6.